The largest absolute Gasteiger partial charge is 0.393 e. The fourth-order valence-electron chi connectivity index (χ4n) is 8.06. The molecule has 0 spiro atoms. The van der Waals surface area contributed by atoms with Gasteiger partial charge in [-0.1, -0.05) is 25.1 Å². The number of allylic oxidation sites excluding steroid dienone is 2. The van der Waals surface area contributed by atoms with Crippen LogP contribution in [0.1, 0.15) is 70.3 Å². The highest BCUT2D eigenvalue weighted by atomic mass is 35.5. The maximum absolute atomic E-state index is 12.4. The predicted octanol–water partition coefficient (Wildman–Crippen LogP) is 5.94. The molecule has 1 aromatic heterocycles. The van der Waals surface area contributed by atoms with Crippen LogP contribution in [0, 0.1) is 23.2 Å². The molecule has 7 atom stereocenters. The van der Waals surface area contributed by atoms with Crippen LogP contribution >= 0.6 is 11.6 Å². The van der Waals surface area contributed by atoms with Crippen LogP contribution in [0.4, 0.5) is 0 Å². The second kappa shape index (κ2) is 9.45. The average Bonchev–Trinajstić information content (AvgIpc) is 3.14. The van der Waals surface area contributed by atoms with Gasteiger partial charge in [0.15, 0.2) is 0 Å². The number of nitrogens with one attached hydrogen (secondary N) is 1. The molecule has 4 aliphatic rings. The molecular formula is C30H41ClN2O2. The highest BCUT2D eigenvalue weighted by Crippen LogP contribution is 2.67. The molecule has 1 aromatic carbocycles. The number of aliphatic hydroxyl groups is 2. The number of hydrogen-bond donors (Lipinski definition) is 3. The van der Waals surface area contributed by atoms with E-state index in [1.54, 1.807) is 0 Å². The third kappa shape index (κ3) is 4.15. The van der Waals surface area contributed by atoms with Gasteiger partial charge in [-0.2, -0.15) is 0 Å². The SMILES string of the molecule is CC12CCC3(Cl)CC4CC(O)CCC4CC[C@]3(O)C1CC=C2c1ccc2ccncc2c1.CNC. The number of rotatable bonds is 1. The van der Waals surface area contributed by atoms with Gasteiger partial charge in [0.25, 0.3) is 0 Å². The van der Waals surface area contributed by atoms with Crippen molar-refractivity contribution in [1.29, 1.82) is 0 Å². The molecule has 1 heterocycles. The molecule has 4 aliphatic carbocycles. The molecule has 35 heavy (non-hydrogen) atoms. The molecule has 5 heteroatoms. The Kier molecular flexibility index (Phi) is 6.80. The average molecular weight is 497 g/mol. The zero-order valence-corrected chi connectivity index (χ0v) is 22.2. The molecule has 0 amide bonds. The van der Waals surface area contributed by atoms with E-state index >= 15 is 0 Å². The van der Waals surface area contributed by atoms with Crippen molar-refractivity contribution in [2.45, 2.75) is 81.3 Å². The van der Waals surface area contributed by atoms with Gasteiger partial charge in [-0.25, -0.2) is 0 Å². The lowest BCUT2D eigenvalue weighted by Crippen LogP contribution is -2.62. The van der Waals surface area contributed by atoms with Gasteiger partial charge in [0.2, 0.25) is 0 Å². The molecule has 4 nitrogen and oxygen atoms in total. The summed E-state index contributed by atoms with van der Waals surface area (Å²) < 4.78 is 0. The van der Waals surface area contributed by atoms with Crippen molar-refractivity contribution in [1.82, 2.24) is 10.3 Å². The van der Waals surface area contributed by atoms with Gasteiger partial charge in [0.1, 0.15) is 0 Å². The normalized spacial score (nSPS) is 40.5. The molecule has 6 unspecified atom stereocenters. The zero-order chi connectivity index (χ0) is 24.8. The Labute approximate surface area is 215 Å². The third-order valence-electron chi connectivity index (χ3n) is 9.88. The Morgan fingerprint density at radius 2 is 1.83 bits per heavy atom. The molecule has 0 saturated heterocycles. The topological polar surface area (TPSA) is 65.4 Å². The van der Waals surface area contributed by atoms with Crippen LogP contribution in [0.15, 0.2) is 42.7 Å². The molecule has 0 aliphatic heterocycles. The number of benzene rings is 1. The zero-order valence-electron chi connectivity index (χ0n) is 21.4. The number of fused-ring (bicyclic) bond motifs is 5. The highest BCUT2D eigenvalue weighted by Gasteiger charge is 2.65. The minimum atomic E-state index is -0.861. The van der Waals surface area contributed by atoms with E-state index in [1.165, 1.54) is 16.5 Å². The minimum Gasteiger partial charge on any atom is -0.393 e. The van der Waals surface area contributed by atoms with Crippen molar-refractivity contribution in [3.05, 3.63) is 48.3 Å². The van der Waals surface area contributed by atoms with Crippen LogP contribution in [0.3, 0.4) is 0 Å². The molecule has 3 N–H and O–H groups in total. The summed E-state index contributed by atoms with van der Waals surface area (Å²) in [5, 5.41) is 27.8. The monoisotopic (exact) mass is 496 g/mol. The van der Waals surface area contributed by atoms with Crippen LogP contribution in [0.2, 0.25) is 0 Å². The number of hydrogen-bond acceptors (Lipinski definition) is 4. The second-order valence-corrected chi connectivity index (χ2v) is 12.6. The van der Waals surface area contributed by atoms with Crippen molar-refractivity contribution < 1.29 is 10.2 Å². The lowest BCUT2D eigenvalue weighted by molar-refractivity contribution is -0.118. The molecule has 6 rings (SSSR count). The first-order valence-corrected chi connectivity index (χ1v) is 13.8. The van der Waals surface area contributed by atoms with E-state index in [-0.39, 0.29) is 17.4 Å². The first-order valence-electron chi connectivity index (χ1n) is 13.5. The molecule has 190 valence electrons. The highest BCUT2D eigenvalue weighted by molar-refractivity contribution is 6.25. The Morgan fingerprint density at radius 1 is 1.03 bits per heavy atom. The van der Waals surface area contributed by atoms with Crippen molar-refractivity contribution in [3.8, 4) is 0 Å². The van der Waals surface area contributed by atoms with Gasteiger partial charge in [-0.3, -0.25) is 4.98 Å². The van der Waals surface area contributed by atoms with E-state index in [0.717, 1.165) is 63.2 Å². The van der Waals surface area contributed by atoms with Crippen molar-refractivity contribution in [2.24, 2.45) is 23.2 Å². The van der Waals surface area contributed by atoms with Crippen LogP contribution in [-0.2, 0) is 0 Å². The summed E-state index contributed by atoms with van der Waals surface area (Å²) in [5.41, 5.74) is 1.70. The summed E-state index contributed by atoms with van der Waals surface area (Å²) in [5.74, 6) is 1.18. The summed E-state index contributed by atoms with van der Waals surface area (Å²) in [6.07, 6.45) is 14.2. The van der Waals surface area contributed by atoms with E-state index in [4.69, 9.17) is 11.6 Å². The number of pyridine rings is 1. The Morgan fingerprint density at radius 3 is 2.63 bits per heavy atom. The van der Waals surface area contributed by atoms with Crippen LogP contribution < -0.4 is 5.32 Å². The Balaban J connectivity index is 0.000000806. The number of nitrogens with zero attached hydrogens (tertiary/aromatic N) is 1. The number of aliphatic hydroxyl groups excluding tert-OH is 1. The van der Waals surface area contributed by atoms with Crippen LogP contribution in [0.5, 0.6) is 0 Å². The van der Waals surface area contributed by atoms with Gasteiger partial charge in [0, 0.05) is 23.7 Å². The lowest BCUT2D eigenvalue weighted by atomic mass is 9.53. The van der Waals surface area contributed by atoms with Crippen molar-refractivity contribution in [3.63, 3.8) is 0 Å². The second-order valence-electron chi connectivity index (χ2n) is 11.9. The lowest BCUT2D eigenvalue weighted by Gasteiger charge is -2.57. The van der Waals surface area contributed by atoms with E-state index in [0.29, 0.717) is 11.8 Å². The smallest absolute Gasteiger partial charge is 0.0878 e. The van der Waals surface area contributed by atoms with Crippen molar-refractivity contribution >= 4 is 27.9 Å². The van der Waals surface area contributed by atoms with E-state index in [1.807, 2.05) is 26.5 Å². The fourth-order valence-corrected chi connectivity index (χ4v) is 8.58. The molecule has 3 fully saturated rings. The summed E-state index contributed by atoms with van der Waals surface area (Å²) in [6.45, 7) is 2.36. The summed E-state index contributed by atoms with van der Waals surface area (Å²) in [7, 11) is 3.75. The molecular weight excluding hydrogens is 456 g/mol. The van der Waals surface area contributed by atoms with Gasteiger partial charge >= 0.3 is 0 Å². The van der Waals surface area contributed by atoms with Crippen LogP contribution in [0.25, 0.3) is 16.3 Å². The molecule has 0 bridgehead atoms. The standard InChI is InChI=1S/C28H34ClNO2.C2H7N/c1-26-11-12-27(29)16-21-15-23(31)5-4-18(21)8-10-28(27,32)25(26)7-6-24(26)20-3-2-19-9-13-30-17-22(19)14-20;1-3-2/h2-3,6,9,13-14,17-18,21,23,25,31-32H,4-5,7-8,10-12,15-16H2,1H3;3H,1-2H3/t18?,21?,23?,25?,26?,27?,28-;/m0./s1. The molecule has 3 saturated carbocycles. The quantitative estimate of drug-likeness (QED) is 0.427. The van der Waals surface area contributed by atoms with Gasteiger partial charge in [0.05, 0.1) is 16.6 Å². The Hall–Kier alpha value is -1.46. The van der Waals surface area contributed by atoms with E-state index < -0.39 is 10.5 Å². The first kappa shape index (κ1) is 25.2. The number of alkyl halides is 1. The van der Waals surface area contributed by atoms with Gasteiger partial charge < -0.3 is 15.5 Å². The summed E-state index contributed by atoms with van der Waals surface area (Å²) in [6, 6.07) is 8.74. The maximum Gasteiger partial charge on any atom is 0.0878 e. The number of halogens is 1. The third-order valence-corrected chi connectivity index (χ3v) is 10.6. The van der Waals surface area contributed by atoms with Gasteiger partial charge in [-0.05, 0) is 118 Å². The maximum atomic E-state index is 12.4. The first-order chi connectivity index (χ1) is 16.7. The predicted molar refractivity (Wildman–Crippen MR) is 144 cm³/mol. The molecule has 0 radical (unpaired) electrons. The fraction of sp³-hybridized carbons (Fsp3) is 0.633. The number of aromatic nitrogens is 1. The van der Waals surface area contributed by atoms with Crippen LogP contribution in [-0.4, -0.2) is 45.9 Å². The summed E-state index contributed by atoms with van der Waals surface area (Å²) >= 11 is 7.43. The Bertz CT molecular complexity index is 1100. The van der Waals surface area contributed by atoms with Gasteiger partial charge in [-0.15, -0.1) is 11.6 Å². The molecule has 2 aromatic rings. The summed E-state index contributed by atoms with van der Waals surface area (Å²) in [4.78, 5) is 3.73. The minimum absolute atomic E-state index is 0.0714. The van der Waals surface area contributed by atoms with E-state index in [9.17, 15) is 10.2 Å². The van der Waals surface area contributed by atoms with E-state index in [2.05, 4.69) is 47.6 Å². The van der Waals surface area contributed by atoms with Crippen molar-refractivity contribution in [2.75, 3.05) is 14.1 Å².